The standard InChI is InChI=1S/C16H28N2O2/c1-4-12-7-9-13(10-8-12)18-11-14(19)17-16(5-2,6-3)15(18)20/h12-13H,4-11H2,1-3H3,(H,17,19). The molecule has 1 aliphatic heterocycles. The summed E-state index contributed by atoms with van der Waals surface area (Å²) in [6, 6.07) is 0.272. The molecule has 114 valence electrons. The van der Waals surface area contributed by atoms with Gasteiger partial charge in [0, 0.05) is 6.04 Å². The second-order valence-electron chi connectivity index (χ2n) is 6.35. The predicted octanol–water partition coefficient (Wildman–Crippen LogP) is 2.47. The van der Waals surface area contributed by atoms with Crippen molar-refractivity contribution >= 4 is 11.8 Å². The van der Waals surface area contributed by atoms with Gasteiger partial charge in [0.25, 0.3) is 0 Å². The van der Waals surface area contributed by atoms with Gasteiger partial charge in [-0.3, -0.25) is 9.59 Å². The molecule has 2 fully saturated rings. The molecule has 1 N–H and O–H groups in total. The average Bonchev–Trinajstić information content (AvgIpc) is 2.49. The predicted molar refractivity (Wildman–Crippen MR) is 79.2 cm³/mol. The van der Waals surface area contributed by atoms with Crippen molar-refractivity contribution in [3.05, 3.63) is 0 Å². The van der Waals surface area contributed by atoms with Gasteiger partial charge in [0.15, 0.2) is 0 Å². The van der Waals surface area contributed by atoms with Crippen LogP contribution < -0.4 is 5.32 Å². The fourth-order valence-electron chi connectivity index (χ4n) is 3.75. The minimum Gasteiger partial charge on any atom is -0.340 e. The van der Waals surface area contributed by atoms with E-state index in [-0.39, 0.29) is 24.4 Å². The van der Waals surface area contributed by atoms with E-state index in [9.17, 15) is 9.59 Å². The van der Waals surface area contributed by atoms with Crippen molar-refractivity contribution in [2.24, 2.45) is 5.92 Å². The number of nitrogens with zero attached hydrogens (tertiary/aromatic N) is 1. The quantitative estimate of drug-likeness (QED) is 0.860. The molecule has 0 spiro atoms. The first kappa shape index (κ1) is 15.3. The molecule has 2 amide bonds. The summed E-state index contributed by atoms with van der Waals surface area (Å²) in [5, 5.41) is 2.94. The van der Waals surface area contributed by atoms with E-state index in [4.69, 9.17) is 0 Å². The van der Waals surface area contributed by atoms with Crippen LogP contribution in [0.4, 0.5) is 0 Å². The molecular formula is C16H28N2O2. The van der Waals surface area contributed by atoms with E-state index in [0.717, 1.165) is 18.8 Å². The van der Waals surface area contributed by atoms with E-state index in [0.29, 0.717) is 12.8 Å². The first-order chi connectivity index (χ1) is 9.56. The van der Waals surface area contributed by atoms with Gasteiger partial charge in [0.1, 0.15) is 5.54 Å². The molecule has 1 saturated carbocycles. The van der Waals surface area contributed by atoms with Gasteiger partial charge in [-0.25, -0.2) is 0 Å². The van der Waals surface area contributed by atoms with Crippen LogP contribution in [0, 0.1) is 5.92 Å². The molecule has 0 aromatic rings. The maximum Gasteiger partial charge on any atom is 0.249 e. The molecule has 0 bridgehead atoms. The molecule has 0 unspecified atom stereocenters. The molecule has 1 aliphatic carbocycles. The number of piperazine rings is 1. The molecule has 0 aromatic heterocycles. The van der Waals surface area contributed by atoms with Crippen molar-refractivity contribution in [1.29, 1.82) is 0 Å². The zero-order chi connectivity index (χ0) is 14.8. The highest BCUT2D eigenvalue weighted by molar-refractivity contribution is 5.98. The monoisotopic (exact) mass is 280 g/mol. The van der Waals surface area contributed by atoms with Crippen molar-refractivity contribution in [3.63, 3.8) is 0 Å². The minimum atomic E-state index is -0.656. The summed E-state index contributed by atoms with van der Waals surface area (Å²) in [5.41, 5.74) is -0.656. The average molecular weight is 280 g/mol. The Balaban J connectivity index is 2.11. The number of amides is 2. The van der Waals surface area contributed by atoms with Crippen LogP contribution in [-0.2, 0) is 9.59 Å². The summed E-state index contributed by atoms with van der Waals surface area (Å²) in [6.45, 7) is 6.46. The number of carbonyl (C=O) groups excluding carboxylic acids is 2. The summed E-state index contributed by atoms with van der Waals surface area (Å²) in [4.78, 5) is 26.7. The summed E-state index contributed by atoms with van der Waals surface area (Å²) in [5.74, 6) is 0.954. The second kappa shape index (κ2) is 6.15. The van der Waals surface area contributed by atoms with Crippen molar-refractivity contribution < 1.29 is 9.59 Å². The maximum atomic E-state index is 12.8. The highest BCUT2D eigenvalue weighted by Crippen LogP contribution is 2.32. The van der Waals surface area contributed by atoms with E-state index in [1.165, 1.54) is 19.3 Å². The van der Waals surface area contributed by atoms with Crippen molar-refractivity contribution in [2.45, 2.75) is 77.3 Å². The molecule has 4 nitrogen and oxygen atoms in total. The molecule has 2 aliphatic rings. The Morgan fingerprint density at radius 1 is 1.10 bits per heavy atom. The number of carbonyl (C=O) groups is 2. The summed E-state index contributed by atoms with van der Waals surface area (Å²) < 4.78 is 0. The van der Waals surface area contributed by atoms with E-state index in [1.54, 1.807) is 0 Å². The van der Waals surface area contributed by atoms with E-state index in [1.807, 2.05) is 18.7 Å². The third-order valence-electron chi connectivity index (χ3n) is 5.40. The summed E-state index contributed by atoms with van der Waals surface area (Å²) >= 11 is 0. The van der Waals surface area contributed by atoms with Gasteiger partial charge >= 0.3 is 0 Å². The topological polar surface area (TPSA) is 49.4 Å². The fraction of sp³-hybridized carbons (Fsp3) is 0.875. The highest BCUT2D eigenvalue weighted by atomic mass is 16.2. The normalized spacial score (nSPS) is 30.2. The van der Waals surface area contributed by atoms with E-state index < -0.39 is 5.54 Å². The Morgan fingerprint density at radius 2 is 1.70 bits per heavy atom. The minimum absolute atomic E-state index is 0.00548. The Hall–Kier alpha value is -1.06. The van der Waals surface area contributed by atoms with E-state index >= 15 is 0 Å². The van der Waals surface area contributed by atoms with Crippen LogP contribution in [0.2, 0.25) is 0 Å². The number of nitrogens with one attached hydrogen (secondary N) is 1. The molecule has 4 heteroatoms. The molecule has 1 heterocycles. The van der Waals surface area contributed by atoms with Crippen LogP contribution in [0.25, 0.3) is 0 Å². The SMILES string of the molecule is CCC1CCC(N2CC(=O)NC(CC)(CC)C2=O)CC1. The van der Waals surface area contributed by atoms with E-state index in [2.05, 4.69) is 12.2 Å². The lowest BCUT2D eigenvalue weighted by Crippen LogP contribution is -2.68. The van der Waals surface area contributed by atoms with Gasteiger partial charge in [0.2, 0.25) is 11.8 Å². The van der Waals surface area contributed by atoms with Crippen LogP contribution in [0.5, 0.6) is 0 Å². The fourth-order valence-corrected chi connectivity index (χ4v) is 3.75. The lowest BCUT2D eigenvalue weighted by atomic mass is 9.82. The zero-order valence-corrected chi connectivity index (χ0v) is 13.1. The zero-order valence-electron chi connectivity index (χ0n) is 13.1. The maximum absolute atomic E-state index is 12.8. The molecule has 0 aromatic carbocycles. The Bertz CT molecular complexity index is 369. The van der Waals surface area contributed by atoms with Gasteiger partial charge in [-0.1, -0.05) is 27.2 Å². The van der Waals surface area contributed by atoms with Gasteiger partial charge < -0.3 is 10.2 Å². The Morgan fingerprint density at radius 3 is 2.20 bits per heavy atom. The van der Waals surface area contributed by atoms with Gasteiger partial charge in [-0.05, 0) is 44.4 Å². The third kappa shape index (κ3) is 2.70. The van der Waals surface area contributed by atoms with Crippen molar-refractivity contribution in [1.82, 2.24) is 10.2 Å². The first-order valence-corrected chi connectivity index (χ1v) is 8.18. The lowest BCUT2D eigenvalue weighted by Gasteiger charge is -2.46. The van der Waals surface area contributed by atoms with Crippen molar-refractivity contribution in [3.8, 4) is 0 Å². The van der Waals surface area contributed by atoms with Crippen LogP contribution in [0.1, 0.15) is 65.7 Å². The largest absolute Gasteiger partial charge is 0.340 e. The number of rotatable bonds is 4. The molecule has 20 heavy (non-hydrogen) atoms. The van der Waals surface area contributed by atoms with Gasteiger partial charge in [0.05, 0.1) is 6.54 Å². The second-order valence-corrected chi connectivity index (χ2v) is 6.35. The van der Waals surface area contributed by atoms with Crippen LogP contribution in [0.3, 0.4) is 0 Å². The van der Waals surface area contributed by atoms with Crippen LogP contribution in [0.15, 0.2) is 0 Å². The summed E-state index contributed by atoms with van der Waals surface area (Å²) in [6.07, 6.45) is 7.08. The molecule has 1 saturated heterocycles. The third-order valence-corrected chi connectivity index (χ3v) is 5.40. The molecular weight excluding hydrogens is 252 g/mol. The molecule has 0 atom stereocenters. The Kier molecular flexibility index (Phi) is 4.71. The lowest BCUT2D eigenvalue weighted by molar-refractivity contribution is -0.153. The first-order valence-electron chi connectivity index (χ1n) is 8.18. The van der Waals surface area contributed by atoms with Gasteiger partial charge in [-0.15, -0.1) is 0 Å². The molecule has 0 radical (unpaired) electrons. The smallest absolute Gasteiger partial charge is 0.249 e. The molecule has 2 rings (SSSR count). The van der Waals surface area contributed by atoms with Crippen molar-refractivity contribution in [2.75, 3.05) is 6.54 Å². The Labute approximate surface area is 122 Å². The number of hydrogen-bond acceptors (Lipinski definition) is 2. The van der Waals surface area contributed by atoms with Gasteiger partial charge in [-0.2, -0.15) is 0 Å². The summed E-state index contributed by atoms with van der Waals surface area (Å²) in [7, 11) is 0. The highest BCUT2D eigenvalue weighted by Gasteiger charge is 2.46. The van der Waals surface area contributed by atoms with Crippen LogP contribution >= 0.6 is 0 Å². The number of hydrogen-bond donors (Lipinski definition) is 1. The van der Waals surface area contributed by atoms with Crippen LogP contribution in [-0.4, -0.2) is 34.8 Å².